The molecule has 3 aliphatic heterocycles. The zero-order chi connectivity index (χ0) is 20.5. The van der Waals surface area contributed by atoms with Crippen LogP contribution in [0, 0.1) is 0 Å². The predicted molar refractivity (Wildman–Crippen MR) is 118 cm³/mol. The fourth-order valence-corrected chi connectivity index (χ4v) is 5.01. The summed E-state index contributed by atoms with van der Waals surface area (Å²) < 4.78 is 0. The van der Waals surface area contributed by atoms with Crippen molar-refractivity contribution >= 4 is 23.1 Å². The zero-order valence-electron chi connectivity index (χ0n) is 17.2. The first kappa shape index (κ1) is 19.1. The number of piperazine rings is 1. The summed E-state index contributed by atoms with van der Waals surface area (Å²) in [5.41, 5.74) is 4.19. The molecular formula is C25H27N3O2. The summed E-state index contributed by atoms with van der Waals surface area (Å²) in [4.78, 5) is 31.5. The molecule has 3 aliphatic rings. The number of fused-ring (bicyclic) bond motifs is 3. The average molecular weight is 402 g/mol. The fourth-order valence-electron chi connectivity index (χ4n) is 5.01. The van der Waals surface area contributed by atoms with Crippen LogP contribution in [0.2, 0.25) is 0 Å². The van der Waals surface area contributed by atoms with Crippen molar-refractivity contribution in [3.05, 3.63) is 71.8 Å². The summed E-state index contributed by atoms with van der Waals surface area (Å²) in [6, 6.07) is 18.8. The monoisotopic (exact) mass is 401 g/mol. The van der Waals surface area contributed by atoms with E-state index in [0.717, 1.165) is 44.6 Å². The minimum Gasteiger partial charge on any atom is -0.366 e. The van der Waals surface area contributed by atoms with E-state index >= 15 is 0 Å². The second-order valence-electron chi connectivity index (χ2n) is 8.39. The maximum Gasteiger partial charge on any atom is 0.261 e. The van der Waals surface area contributed by atoms with E-state index in [1.54, 1.807) is 0 Å². The summed E-state index contributed by atoms with van der Waals surface area (Å²) in [5.74, 6) is -0.354. The zero-order valence-corrected chi connectivity index (χ0v) is 17.2. The van der Waals surface area contributed by atoms with E-state index in [0.29, 0.717) is 18.2 Å². The van der Waals surface area contributed by atoms with E-state index in [1.807, 2.05) is 30.3 Å². The number of carbonyl (C=O) groups excluding carboxylic acids is 2. The Kier molecular flexibility index (Phi) is 5.13. The van der Waals surface area contributed by atoms with E-state index in [4.69, 9.17) is 0 Å². The molecule has 1 saturated heterocycles. The third kappa shape index (κ3) is 3.54. The molecule has 154 valence electrons. The Morgan fingerprint density at radius 1 is 0.900 bits per heavy atom. The number of rotatable bonds is 5. The normalized spacial score (nSPS) is 21.5. The maximum absolute atomic E-state index is 12.7. The number of aryl methyl sites for hydroxylation is 1. The minimum atomic E-state index is -0.187. The van der Waals surface area contributed by atoms with Crippen LogP contribution in [-0.2, 0) is 16.0 Å². The van der Waals surface area contributed by atoms with Gasteiger partial charge in [-0.05, 0) is 43.0 Å². The second kappa shape index (κ2) is 8.07. The highest BCUT2D eigenvalue weighted by Crippen LogP contribution is 2.32. The minimum absolute atomic E-state index is 0.167. The molecule has 0 radical (unpaired) electrons. The Hall–Kier alpha value is -2.92. The molecule has 0 saturated carbocycles. The lowest BCUT2D eigenvalue weighted by molar-refractivity contribution is -0.136. The first-order valence-electron chi connectivity index (χ1n) is 10.9. The summed E-state index contributed by atoms with van der Waals surface area (Å²) in [6.07, 6.45) is 4.64. The largest absolute Gasteiger partial charge is 0.366 e. The van der Waals surface area contributed by atoms with Gasteiger partial charge in [0.1, 0.15) is 0 Å². The summed E-state index contributed by atoms with van der Waals surface area (Å²) in [6.45, 7) is 4.54. The van der Waals surface area contributed by atoms with E-state index in [-0.39, 0.29) is 11.8 Å². The van der Waals surface area contributed by atoms with E-state index in [2.05, 4.69) is 34.1 Å². The van der Waals surface area contributed by atoms with Crippen LogP contribution < -0.4 is 4.90 Å². The van der Waals surface area contributed by atoms with Crippen molar-refractivity contribution in [3.8, 4) is 0 Å². The molecule has 0 N–H and O–H groups in total. The van der Waals surface area contributed by atoms with E-state index < -0.39 is 0 Å². The lowest BCUT2D eigenvalue weighted by atomic mass is 9.94. The van der Waals surface area contributed by atoms with Gasteiger partial charge in [0.15, 0.2) is 0 Å². The van der Waals surface area contributed by atoms with Gasteiger partial charge in [0.2, 0.25) is 0 Å². The van der Waals surface area contributed by atoms with Crippen molar-refractivity contribution in [2.75, 3.05) is 37.6 Å². The molecule has 5 rings (SSSR count). The predicted octanol–water partition coefficient (Wildman–Crippen LogP) is 2.97. The Morgan fingerprint density at radius 3 is 2.57 bits per heavy atom. The van der Waals surface area contributed by atoms with Crippen LogP contribution in [0.1, 0.15) is 24.0 Å². The van der Waals surface area contributed by atoms with Crippen LogP contribution in [0.3, 0.4) is 0 Å². The molecule has 2 aromatic carbocycles. The number of para-hydroxylation sites is 1. The van der Waals surface area contributed by atoms with Crippen molar-refractivity contribution < 1.29 is 9.59 Å². The van der Waals surface area contributed by atoms with E-state index in [1.165, 1.54) is 28.6 Å². The van der Waals surface area contributed by atoms with Crippen LogP contribution in [0.5, 0.6) is 0 Å². The number of nitrogens with zero attached hydrogens (tertiary/aromatic N) is 3. The van der Waals surface area contributed by atoms with Crippen LogP contribution in [0.15, 0.2) is 60.7 Å². The first-order valence-corrected chi connectivity index (χ1v) is 10.9. The topological polar surface area (TPSA) is 43.9 Å². The van der Waals surface area contributed by atoms with Crippen LogP contribution in [0.25, 0.3) is 5.57 Å². The van der Waals surface area contributed by atoms with Crippen molar-refractivity contribution in [1.29, 1.82) is 0 Å². The molecule has 0 spiro atoms. The molecule has 0 aromatic heterocycles. The third-order valence-electron chi connectivity index (χ3n) is 6.57. The summed E-state index contributed by atoms with van der Waals surface area (Å²) >= 11 is 0. The molecule has 3 heterocycles. The highest BCUT2D eigenvalue weighted by molar-refractivity contribution is 6.33. The van der Waals surface area contributed by atoms with Gasteiger partial charge in [0.25, 0.3) is 11.8 Å². The van der Waals surface area contributed by atoms with Crippen molar-refractivity contribution in [2.45, 2.75) is 25.3 Å². The quantitative estimate of drug-likeness (QED) is 0.723. The second-order valence-corrected chi connectivity index (χ2v) is 8.39. The third-order valence-corrected chi connectivity index (χ3v) is 6.57. The van der Waals surface area contributed by atoms with Crippen LogP contribution >= 0.6 is 0 Å². The van der Waals surface area contributed by atoms with Crippen LogP contribution in [-0.4, -0.2) is 60.4 Å². The average Bonchev–Trinajstić information content (AvgIpc) is 3.08. The molecule has 2 aromatic rings. The number of hydrogen-bond acceptors (Lipinski definition) is 4. The lowest BCUT2D eigenvalue weighted by Gasteiger charge is -2.46. The van der Waals surface area contributed by atoms with Gasteiger partial charge in [-0.3, -0.25) is 19.4 Å². The van der Waals surface area contributed by atoms with Crippen molar-refractivity contribution in [3.63, 3.8) is 0 Å². The van der Waals surface area contributed by atoms with Crippen molar-refractivity contribution in [2.24, 2.45) is 0 Å². The maximum atomic E-state index is 12.7. The summed E-state index contributed by atoms with van der Waals surface area (Å²) in [7, 11) is 0. The number of anilines is 1. The molecule has 30 heavy (non-hydrogen) atoms. The van der Waals surface area contributed by atoms with Crippen LogP contribution in [0.4, 0.5) is 5.69 Å². The lowest BCUT2D eigenvalue weighted by Crippen LogP contribution is -2.55. The number of imide groups is 1. The van der Waals surface area contributed by atoms with E-state index in [9.17, 15) is 9.59 Å². The standard InChI is InChI=1S/C25H27N3O2/c29-24-17-22(19-7-2-1-3-8-19)25(30)28(24)14-6-13-26-15-16-27-21(18-26)12-11-20-9-4-5-10-23(20)27/h1-5,7-10,17,21H,6,11-16,18H2. The Labute approximate surface area is 177 Å². The Balaban J connectivity index is 1.14. The highest BCUT2D eigenvalue weighted by atomic mass is 16.2. The van der Waals surface area contributed by atoms with Gasteiger partial charge in [-0.25, -0.2) is 0 Å². The molecular weight excluding hydrogens is 374 g/mol. The number of hydrogen-bond donors (Lipinski definition) is 0. The van der Waals surface area contributed by atoms with Gasteiger partial charge in [-0.15, -0.1) is 0 Å². The SMILES string of the molecule is O=C1C=C(c2ccccc2)C(=O)N1CCCN1CCN2c3ccccc3CCC2C1. The molecule has 5 nitrogen and oxygen atoms in total. The number of carbonyl (C=O) groups is 2. The van der Waals surface area contributed by atoms with Gasteiger partial charge in [0.05, 0.1) is 5.57 Å². The Bertz CT molecular complexity index is 985. The fraction of sp³-hybridized carbons (Fsp3) is 0.360. The molecule has 0 bridgehead atoms. The number of benzene rings is 2. The molecule has 1 atom stereocenters. The van der Waals surface area contributed by atoms with Gasteiger partial charge in [-0.2, -0.15) is 0 Å². The molecule has 1 unspecified atom stereocenters. The number of amides is 2. The smallest absolute Gasteiger partial charge is 0.261 e. The molecule has 1 fully saturated rings. The van der Waals surface area contributed by atoms with Gasteiger partial charge in [0, 0.05) is 44.0 Å². The molecule has 0 aliphatic carbocycles. The highest BCUT2D eigenvalue weighted by Gasteiger charge is 2.33. The first-order chi connectivity index (χ1) is 14.7. The van der Waals surface area contributed by atoms with Crippen molar-refractivity contribution in [1.82, 2.24) is 9.80 Å². The Morgan fingerprint density at radius 2 is 1.70 bits per heavy atom. The molecule has 5 heteroatoms. The van der Waals surface area contributed by atoms with Gasteiger partial charge in [-0.1, -0.05) is 48.5 Å². The summed E-state index contributed by atoms with van der Waals surface area (Å²) in [5, 5.41) is 0. The van der Waals surface area contributed by atoms with Gasteiger partial charge < -0.3 is 4.90 Å². The molecule has 2 amide bonds. The van der Waals surface area contributed by atoms with Gasteiger partial charge >= 0.3 is 0 Å².